The molecule has 1 aromatic rings. The standard InChI is InChI=1S/C17H26N2O5S/c1-17(2,3)18-16(20)13-7-6-10-19(13)25(21,22)12-8-9-14(23-4)15(11-12)24-5/h8-9,11,13H,6-7,10H2,1-5H3,(H,18,20). The van der Waals surface area contributed by atoms with E-state index in [2.05, 4.69) is 5.32 Å². The zero-order chi connectivity index (χ0) is 18.8. The minimum absolute atomic E-state index is 0.0839. The Hall–Kier alpha value is -1.80. The van der Waals surface area contributed by atoms with Gasteiger partial charge in [-0.1, -0.05) is 0 Å². The highest BCUT2D eigenvalue weighted by atomic mass is 32.2. The molecule has 0 radical (unpaired) electrons. The van der Waals surface area contributed by atoms with Gasteiger partial charge in [-0.15, -0.1) is 0 Å². The Labute approximate surface area is 149 Å². The number of ether oxygens (including phenoxy) is 2. The number of rotatable bonds is 5. The van der Waals surface area contributed by atoms with Gasteiger partial charge in [0.2, 0.25) is 15.9 Å². The number of amides is 1. The number of methoxy groups -OCH3 is 2. The third-order valence-corrected chi connectivity index (χ3v) is 5.87. The Morgan fingerprint density at radius 3 is 2.40 bits per heavy atom. The highest BCUT2D eigenvalue weighted by Crippen LogP contribution is 2.33. The Kier molecular flexibility index (Phi) is 5.63. The molecular formula is C17H26N2O5S. The number of sulfonamides is 1. The van der Waals surface area contributed by atoms with E-state index in [9.17, 15) is 13.2 Å². The van der Waals surface area contributed by atoms with E-state index in [-0.39, 0.29) is 10.8 Å². The molecule has 0 spiro atoms. The van der Waals surface area contributed by atoms with Gasteiger partial charge in [-0.05, 0) is 45.7 Å². The maximum Gasteiger partial charge on any atom is 0.243 e. The molecule has 0 saturated carbocycles. The zero-order valence-corrected chi connectivity index (χ0v) is 16.1. The molecule has 1 aliphatic rings. The third kappa shape index (κ3) is 4.24. The number of nitrogens with one attached hydrogen (secondary N) is 1. The summed E-state index contributed by atoms with van der Waals surface area (Å²) in [6.45, 7) is 5.92. The van der Waals surface area contributed by atoms with Gasteiger partial charge in [-0.3, -0.25) is 4.79 Å². The molecule has 1 aliphatic heterocycles. The molecule has 2 rings (SSSR count). The van der Waals surface area contributed by atoms with Crippen LogP contribution in [0.2, 0.25) is 0 Å². The molecule has 1 unspecified atom stereocenters. The van der Waals surface area contributed by atoms with Crippen molar-refractivity contribution in [2.24, 2.45) is 0 Å². The van der Waals surface area contributed by atoms with Gasteiger partial charge >= 0.3 is 0 Å². The molecule has 1 heterocycles. The first kappa shape index (κ1) is 19.5. The van der Waals surface area contributed by atoms with Crippen molar-refractivity contribution in [1.29, 1.82) is 0 Å². The van der Waals surface area contributed by atoms with Gasteiger partial charge in [0.05, 0.1) is 19.1 Å². The van der Waals surface area contributed by atoms with Crippen molar-refractivity contribution >= 4 is 15.9 Å². The number of carbonyl (C=O) groups is 1. The summed E-state index contributed by atoms with van der Waals surface area (Å²) in [6.07, 6.45) is 1.16. The lowest BCUT2D eigenvalue weighted by Gasteiger charge is -2.28. The van der Waals surface area contributed by atoms with Crippen LogP contribution in [-0.2, 0) is 14.8 Å². The third-order valence-electron chi connectivity index (χ3n) is 3.97. The van der Waals surface area contributed by atoms with E-state index < -0.39 is 21.6 Å². The van der Waals surface area contributed by atoms with Crippen molar-refractivity contribution in [1.82, 2.24) is 9.62 Å². The first-order valence-corrected chi connectivity index (χ1v) is 9.60. The SMILES string of the molecule is COc1ccc(S(=O)(=O)N2CCCC2C(=O)NC(C)(C)C)cc1OC. The van der Waals surface area contributed by atoms with Crippen LogP contribution in [0.5, 0.6) is 11.5 Å². The summed E-state index contributed by atoms with van der Waals surface area (Å²) in [4.78, 5) is 12.6. The summed E-state index contributed by atoms with van der Waals surface area (Å²) < 4.78 is 37.7. The second kappa shape index (κ2) is 7.21. The lowest BCUT2D eigenvalue weighted by molar-refractivity contribution is -0.125. The molecule has 1 fully saturated rings. The number of nitrogens with zero attached hydrogens (tertiary/aromatic N) is 1. The van der Waals surface area contributed by atoms with Crippen LogP contribution in [0.4, 0.5) is 0 Å². The molecule has 0 aliphatic carbocycles. The Balaban J connectivity index is 2.33. The molecular weight excluding hydrogens is 344 g/mol. The highest BCUT2D eigenvalue weighted by Gasteiger charge is 2.40. The molecule has 1 aromatic carbocycles. The minimum atomic E-state index is -3.81. The van der Waals surface area contributed by atoms with Gasteiger partial charge in [0.25, 0.3) is 0 Å². The van der Waals surface area contributed by atoms with Crippen LogP contribution < -0.4 is 14.8 Å². The van der Waals surface area contributed by atoms with Crippen molar-refractivity contribution in [3.63, 3.8) is 0 Å². The zero-order valence-electron chi connectivity index (χ0n) is 15.3. The van der Waals surface area contributed by atoms with Gasteiger partial charge in [-0.25, -0.2) is 8.42 Å². The summed E-state index contributed by atoms with van der Waals surface area (Å²) in [5.74, 6) is 0.511. The van der Waals surface area contributed by atoms with Crippen molar-refractivity contribution in [2.75, 3.05) is 20.8 Å². The second-order valence-electron chi connectivity index (χ2n) is 7.03. The molecule has 1 saturated heterocycles. The van der Waals surface area contributed by atoms with Crippen molar-refractivity contribution in [3.8, 4) is 11.5 Å². The molecule has 1 amide bonds. The fourth-order valence-electron chi connectivity index (χ4n) is 2.86. The van der Waals surface area contributed by atoms with E-state index in [0.29, 0.717) is 30.9 Å². The van der Waals surface area contributed by atoms with E-state index in [1.54, 1.807) is 6.07 Å². The summed E-state index contributed by atoms with van der Waals surface area (Å²) in [7, 11) is -0.876. The Bertz CT molecular complexity index is 740. The average molecular weight is 370 g/mol. The number of benzene rings is 1. The number of carbonyl (C=O) groups excluding carboxylic acids is 1. The van der Waals surface area contributed by atoms with Gasteiger partial charge in [0.1, 0.15) is 6.04 Å². The maximum atomic E-state index is 13.0. The van der Waals surface area contributed by atoms with E-state index in [1.165, 1.54) is 30.7 Å². The predicted octanol–water partition coefficient (Wildman–Crippen LogP) is 1.77. The van der Waals surface area contributed by atoms with Crippen molar-refractivity contribution in [3.05, 3.63) is 18.2 Å². The topological polar surface area (TPSA) is 84.9 Å². The van der Waals surface area contributed by atoms with Gasteiger partial charge in [-0.2, -0.15) is 4.31 Å². The van der Waals surface area contributed by atoms with Crippen LogP contribution in [0.3, 0.4) is 0 Å². The summed E-state index contributed by atoms with van der Waals surface area (Å²) >= 11 is 0. The van der Waals surface area contributed by atoms with E-state index >= 15 is 0 Å². The normalized spacial score (nSPS) is 18.8. The maximum absolute atomic E-state index is 13.0. The summed E-state index contributed by atoms with van der Waals surface area (Å²) in [6, 6.07) is 3.74. The molecule has 0 aromatic heterocycles. The van der Waals surface area contributed by atoms with E-state index in [0.717, 1.165) is 0 Å². The second-order valence-corrected chi connectivity index (χ2v) is 8.92. The van der Waals surface area contributed by atoms with E-state index in [4.69, 9.17) is 9.47 Å². The van der Waals surface area contributed by atoms with Gasteiger partial charge < -0.3 is 14.8 Å². The Morgan fingerprint density at radius 1 is 1.20 bits per heavy atom. The van der Waals surface area contributed by atoms with E-state index in [1.807, 2.05) is 20.8 Å². The predicted molar refractivity (Wildman–Crippen MR) is 94.4 cm³/mol. The number of hydrogen-bond acceptors (Lipinski definition) is 5. The lowest BCUT2D eigenvalue weighted by atomic mass is 10.1. The molecule has 1 atom stereocenters. The van der Waals surface area contributed by atoms with Crippen LogP contribution in [-0.4, -0.2) is 51.0 Å². The van der Waals surface area contributed by atoms with Crippen molar-refractivity contribution in [2.45, 2.75) is 50.1 Å². The molecule has 7 nitrogen and oxygen atoms in total. The first-order chi connectivity index (χ1) is 11.6. The molecule has 140 valence electrons. The first-order valence-electron chi connectivity index (χ1n) is 8.16. The fraction of sp³-hybridized carbons (Fsp3) is 0.588. The smallest absolute Gasteiger partial charge is 0.243 e. The van der Waals surface area contributed by atoms with Crippen LogP contribution in [0.1, 0.15) is 33.6 Å². The van der Waals surface area contributed by atoms with Crippen LogP contribution in [0.25, 0.3) is 0 Å². The molecule has 8 heteroatoms. The molecule has 1 N–H and O–H groups in total. The van der Waals surface area contributed by atoms with Crippen LogP contribution in [0.15, 0.2) is 23.1 Å². The molecule has 0 bridgehead atoms. The highest BCUT2D eigenvalue weighted by molar-refractivity contribution is 7.89. The van der Waals surface area contributed by atoms with Gasteiger partial charge in [0, 0.05) is 18.2 Å². The molecule has 25 heavy (non-hydrogen) atoms. The fourth-order valence-corrected chi connectivity index (χ4v) is 4.53. The monoisotopic (exact) mass is 370 g/mol. The number of hydrogen-bond donors (Lipinski definition) is 1. The lowest BCUT2D eigenvalue weighted by Crippen LogP contribution is -2.51. The van der Waals surface area contributed by atoms with Crippen molar-refractivity contribution < 1.29 is 22.7 Å². The summed E-state index contributed by atoms with van der Waals surface area (Å²) in [5.41, 5.74) is -0.418. The van der Waals surface area contributed by atoms with Gasteiger partial charge in [0.15, 0.2) is 11.5 Å². The quantitative estimate of drug-likeness (QED) is 0.854. The van der Waals surface area contributed by atoms with Crippen LogP contribution >= 0.6 is 0 Å². The minimum Gasteiger partial charge on any atom is -0.493 e. The largest absolute Gasteiger partial charge is 0.493 e. The Morgan fingerprint density at radius 2 is 1.84 bits per heavy atom. The van der Waals surface area contributed by atoms with Crippen LogP contribution in [0, 0.1) is 0 Å². The average Bonchev–Trinajstić information content (AvgIpc) is 3.03. The summed E-state index contributed by atoms with van der Waals surface area (Å²) in [5, 5.41) is 2.87.